The van der Waals surface area contributed by atoms with Crippen LogP contribution in [0.4, 0.5) is 13.2 Å². The molecule has 38 heavy (non-hydrogen) atoms. The van der Waals surface area contributed by atoms with E-state index in [9.17, 15) is 18.0 Å². The van der Waals surface area contributed by atoms with Gasteiger partial charge in [0, 0.05) is 21.8 Å². The van der Waals surface area contributed by atoms with Crippen molar-refractivity contribution in [2.75, 3.05) is 7.11 Å². The van der Waals surface area contributed by atoms with Crippen molar-refractivity contribution in [3.63, 3.8) is 0 Å². The molecule has 0 aliphatic rings. The predicted octanol–water partition coefficient (Wildman–Crippen LogP) is 8.55. The Labute approximate surface area is 222 Å². The molecule has 5 rings (SSSR count). The van der Waals surface area contributed by atoms with Gasteiger partial charge in [-0.2, -0.15) is 13.2 Å². The standard InChI is InChI=1S/C32H21F3O2S/c1-37-23-14-16-24(17-15-23)38-20-30-27-8-4-2-6-25(27)29(26-7-3-5-9-28(26)30)18-19-31(36)21-10-12-22(13-11-21)32(33,34)35/h2-17H,20H2,1H3. The molecule has 0 amide bonds. The minimum Gasteiger partial charge on any atom is -0.497 e. The molecule has 0 heterocycles. The molecule has 0 fully saturated rings. The summed E-state index contributed by atoms with van der Waals surface area (Å²) in [5.74, 6) is 6.70. The van der Waals surface area contributed by atoms with E-state index >= 15 is 0 Å². The molecule has 0 bridgehead atoms. The summed E-state index contributed by atoms with van der Waals surface area (Å²) in [5.41, 5.74) is 1.19. The molecule has 0 unspecified atom stereocenters. The quantitative estimate of drug-likeness (QED) is 0.0993. The maximum atomic E-state index is 12.9. The third-order valence-electron chi connectivity index (χ3n) is 6.26. The first-order valence-corrected chi connectivity index (χ1v) is 12.8. The molecule has 0 spiro atoms. The summed E-state index contributed by atoms with van der Waals surface area (Å²) in [7, 11) is 1.64. The first-order valence-electron chi connectivity index (χ1n) is 11.8. The molecule has 0 aromatic heterocycles. The maximum absolute atomic E-state index is 12.9. The van der Waals surface area contributed by atoms with Gasteiger partial charge in [-0.25, -0.2) is 0 Å². The number of hydrogen-bond acceptors (Lipinski definition) is 3. The number of Topliss-reactive ketones (excluding diaryl/α,β-unsaturated/α-hetero) is 1. The Morgan fingerprint density at radius 3 is 1.87 bits per heavy atom. The number of fused-ring (bicyclic) bond motifs is 2. The van der Waals surface area contributed by atoms with Crippen LogP contribution in [0.15, 0.2) is 102 Å². The SMILES string of the molecule is COc1ccc(SCc2c3ccccc3c(C#CC(=O)c3ccc(C(F)(F)F)cc3)c3ccccc23)cc1. The Bertz CT molecular complexity index is 1640. The van der Waals surface area contributed by atoms with E-state index in [0.717, 1.165) is 73.3 Å². The average molecular weight is 527 g/mol. The zero-order valence-corrected chi connectivity index (χ0v) is 21.1. The van der Waals surface area contributed by atoms with Gasteiger partial charge in [0.15, 0.2) is 0 Å². The number of rotatable bonds is 5. The van der Waals surface area contributed by atoms with Crippen molar-refractivity contribution in [3.05, 3.63) is 119 Å². The zero-order chi connectivity index (χ0) is 26.7. The molecule has 5 aromatic carbocycles. The zero-order valence-electron chi connectivity index (χ0n) is 20.3. The summed E-state index contributed by atoms with van der Waals surface area (Å²) >= 11 is 1.72. The van der Waals surface area contributed by atoms with Crippen molar-refractivity contribution in [1.29, 1.82) is 0 Å². The average Bonchev–Trinajstić information content (AvgIpc) is 2.94. The molecular weight excluding hydrogens is 505 g/mol. The molecule has 0 N–H and O–H groups in total. The number of ketones is 1. The van der Waals surface area contributed by atoms with E-state index in [1.54, 1.807) is 18.9 Å². The fourth-order valence-electron chi connectivity index (χ4n) is 4.34. The minimum absolute atomic E-state index is 0.117. The number of alkyl halides is 3. The van der Waals surface area contributed by atoms with Gasteiger partial charge in [-0.3, -0.25) is 4.79 Å². The summed E-state index contributed by atoms with van der Waals surface area (Å²) in [6, 6.07) is 27.9. The van der Waals surface area contributed by atoms with E-state index in [1.165, 1.54) is 0 Å². The summed E-state index contributed by atoms with van der Waals surface area (Å²) in [6.07, 6.45) is -4.46. The lowest BCUT2D eigenvalue weighted by Crippen LogP contribution is -2.05. The van der Waals surface area contributed by atoms with Crippen LogP contribution in [0.3, 0.4) is 0 Å². The molecule has 0 atom stereocenters. The van der Waals surface area contributed by atoms with Crippen LogP contribution in [0.5, 0.6) is 5.75 Å². The lowest BCUT2D eigenvalue weighted by molar-refractivity contribution is -0.137. The monoisotopic (exact) mass is 526 g/mol. The molecule has 188 valence electrons. The van der Waals surface area contributed by atoms with Crippen LogP contribution in [0.1, 0.15) is 27.0 Å². The Balaban J connectivity index is 1.54. The van der Waals surface area contributed by atoms with Gasteiger partial charge in [0.05, 0.1) is 12.7 Å². The molecule has 2 nitrogen and oxygen atoms in total. The molecule has 5 aromatic rings. The predicted molar refractivity (Wildman–Crippen MR) is 147 cm³/mol. The second-order valence-electron chi connectivity index (χ2n) is 8.56. The Morgan fingerprint density at radius 1 is 0.789 bits per heavy atom. The Kier molecular flexibility index (Phi) is 7.13. The van der Waals surface area contributed by atoms with Crippen molar-refractivity contribution in [3.8, 4) is 17.6 Å². The maximum Gasteiger partial charge on any atom is 0.416 e. The summed E-state index contributed by atoms with van der Waals surface area (Å²) in [4.78, 5) is 13.9. The largest absolute Gasteiger partial charge is 0.497 e. The molecule has 0 saturated heterocycles. The number of methoxy groups -OCH3 is 1. The third kappa shape index (κ3) is 5.25. The van der Waals surface area contributed by atoms with E-state index < -0.39 is 17.5 Å². The van der Waals surface area contributed by atoms with Gasteiger partial charge in [-0.05, 0) is 81.6 Å². The highest BCUT2D eigenvalue weighted by Crippen LogP contribution is 2.36. The van der Waals surface area contributed by atoms with Gasteiger partial charge in [0.25, 0.3) is 0 Å². The van der Waals surface area contributed by atoms with Crippen LogP contribution in [0.25, 0.3) is 21.5 Å². The van der Waals surface area contributed by atoms with Crippen molar-refractivity contribution < 1.29 is 22.7 Å². The fraction of sp³-hybridized carbons (Fsp3) is 0.0938. The van der Waals surface area contributed by atoms with Crippen molar-refractivity contribution >= 4 is 39.1 Å². The highest BCUT2D eigenvalue weighted by atomic mass is 32.2. The lowest BCUT2D eigenvalue weighted by Gasteiger charge is -2.14. The molecule has 0 saturated carbocycles. The van der Waals surface area contributed by atoms with Crippen LogP contribution in [0.2, 0.25) is 0 Å². The lowest BCUT2D eigenvalue weighted by atomic mass is 9.92. The number of carbonyl (C=O) groups is 1. The second-order valence-corrected chi connectivity index (χ2v) is 9.61. The number of thioether (sulfide) groups is 1. The third-order valence-corrected chi connectivity index (χ3v) is 7.30. The van der Waals surface area contributed by atoms with E-state index in [0.29, 0.717) is 0 Å². The van der Waals surface area contributed by atoms with Crippen LogP contribution < -0.4 is 4.74 Å². The first-order chi connectivity index (χ1) is 18.3. The molecule has 0 radical (unpaired) electrons. The number of ether oxygens (including phenoxy) is 1. The van der Waals surface area contributed by atoms with Gasteiger partial charge in [-0.15, -0.1) is 11.8 Å². The van der Waals surface area contributed by atoms with Crippen LogP contribution >= 0.6 is 11.8 Å². The van der Waals surface area contributed by atoms with Crippen molar-refractivity contribution in [2.24, 2.45) is 0 Å². The van der Waals surface area contributed by atoms with E-state index in [4.69, 9.17) is 4.74 Å². The summed E-state index contributed by atoms with van der Waals surface area (Å²) < 4.78 is 43.9. The van der Waals surface area contributed by atoms with Crippen molar-refractivity contribution in [1.82, 2.24) is 0 Å². The topological polar surface area (TPSA) is 26.3 Å². The van der Waals surface area contributed by atoms with E-state index in [-0.39, 0.29) is 5.56 Å². The van der Waals surface area contributed by atoms with Gasteiger partial charge >= 0.3 is 6.18 Å². The summed E-state index contributed by atoms with van der Waals surface area (Å²) in [5, 5.41) is 3.92. The number of benzene rings is 5. The Hall–Kier alpha value is -4.21. The molecular formula is C32H21F3O2S. The highest BCUT2D eigenvalue weighted by Gasteiger charge is 2.30. The number of hydrogen-bond donors (Lipinski definition) is 0. The van der Waals surface area contributed by atoms with Crippen LogP contribution in [-0.4, -0.2) is 12.9 Å². The summed E-state index contributed by atoms with van der Waals surface area (Å²) in [6.45, 7) is 0. The van der Waals surface area contributed by atoms with Crippen LogP contribution in [0, 0.1) is 11.8 Å². The van der Waals surface area contributed by atoms with Gasteiger partial charge < -0.3 is 4.74 Å². The number of halogens is 3. The van der Waals surface area contributed by atoms with E-state index in [1.807, 2.05) is 60.7 Å². The van der Waals surface area contributed by atoms with Gasteiger partial charge in [-0.1, -0.05) is 54.5 Å². The number of carbonyl (C=O) groups excluding carboxylic acids is 1. The fourth-order valence-corrected chi connectivity index (χ4v) is 5.29. The highest BCUT2D eigenvalue weighted by molar-refractivity contribution is 7.98. The molecule has 0 aliphatic carbocycles. The van der Waals surface area contributed by atoms with Gasteiger partial charge in [0.1, 0.15) is 5.75 Å². The Morgan fingerprint density at radius 2 is 1.34 bits per heavy atom. The van der Waals surface area contributed by atoms with Crippen molar-refractivity contribution in [2.45, 2.75) is 16.8 Å². The second kappa shape index (κ2) is 10.6. The first kappa shape index (κ1) is 25.4. The normalized spacial score (nSPS) is 11.3. The van der Waals surface area contributed by atoms with Gasteiger partial charge in [0.2, 0.25) is 5.78 Å². The smallest absolute Gasteiger partial charge is 0.416 e. The molecule has 0 aliphatic heterocycles. The van der Waals surface area contributed by atoms with E-state index in [2.05, 4.69) is 24.0 Å². The molecule has 6 heteroatoms. The van der Waals surface area contributed by atoms with Crippen LogP contribution in [-0.2, 0) is 11.9 Å². The minimum atomic E-state index is -4.46.